The highest BCUT2D eigenvalue weighted by atomic mass is 28.3. The second-order valence-corrected chi connectivity index (χ2v) is 14.2. The molecule has 20 heavy (non-hydrogen) atoms. The number of rotatable bonds is 5. The predicted octanol–water partition coefficient (Wildman–Crippen LogP) is 4.82. The molecule has 1 atom stereocenters. The molecule has 1 N–H and O–H groups in total. The number of hydrogen-bond donors (Lipinski definition) is 1. The van der Waals surface area contributed by atoms with E-state index in [0.717, 1.165) is 36.8 Å². The SMILES string of the molecule is CC1=C(OCC(C)C)CCC(C)(C)C1(O)C[Si](C)(C)C. The largest absolute Gasteiger partial charge is 0.498 e. The van der Waals surface area contributed by atoms with Crippen molar-refractivity contribution in [2.24, 2.45) is 11.3 Å². The third-order valence-corrected chi connectivity index (χ3v) is 6.08. The summed E-state index contributed by atoms with van der Waals surface area (Å²) in [6.07, 6.45) is 1.96. The molecule has 1 aliphatic carbocycles. The van der Waals surface area contributed by atoms with Crippen molar-refractivity contribution in [1.29, 1.82) is 0 Å². The van der Waals surface area contributed by atoms with Gasteiger partial charge in [-0.3, -0.25) is 0 Å². The van der Waals surface area contributed by atoms with Gasteiger partial charge in [-0.05, 0) is 36.3 Å². The molecule has 0 aromatic rings. The van der Waals surface area contributed by atoms with Gasteiger partial charge in [-0.25, -0.2) is 0 Å². The molecule has 118 valence electrons. The van der Waals surface area contributed by atoms with Crippen molar-refractivity contribution in [3.8, 4) is 0 Å². The Morgan fingerprint density at radius 3 is 2.25 bits per heavy atom. The Kier molecular flexibility index (Phi) is 5.19. The molecule has 0 aromatic carbocycles. The van der Waals surface area contributed by atoms with E-state index in [1.165, 1.54) is 0 Å². The lowest BCUT2D eigenvalue weighted by Gasteiger charge is -2.50. The van der Waals surface area contributed by atoms with Crippen LogP contribution in [-0.2, 0) is 4.74 Å². The summed E-state index contributed by atoms with van der Waals surface area (Å²) in [4.78, 5) is 0. The summed E-state index contributed by atoms with van der Waals surface area (Å²) in [5.41, 5.74) is 0.307. The van der Waals surface area contributed by atoms with Gasteiger partial charge in [0.25, 0.3) is 0 Å². The summed E-state index contributed by atoms with van der Waals surface area (Å²) in [6.45, 7) is 18.6. The highest BCUT2D eigenvalue weighted by Crippen LogP contribution is 2.50. The first-order chi connectivity index (χ1) is 8.89. The Morgan fingerprint density at radius 1 is 1.25 bits per heavy atom. The molecule has 0 amide bonds. The van der Waals surface area contributed by atoms with Crippen LogP contribution in [0, 0.1) is 11.3 Å². The fraction of sp³-hybridized carbons (Fsp3) is 0.882. The van der Waals surface area contributed by atoms with E-state index in [9.17, 15) is 5.11 Å². The number of ether oxygens (including phenoxy) is 1. The van der Waals surface area contributed by atoms with Crippen LogP contribution < -0.4 is 0 Å². The highest BCUT2D eigenvalue weighted by Gasteiger charge is 2.50. The minimum atomic E-state index is -1.36. The van der Waals surface area contributed by atoms with Gasteiger partial charge in [0.05, 0.1) is 18.0 Å². The van der Waals surface area contributed by atoms with Crippen LogP contribution >= 0.6 is 0 Å². The van der Waals surface area contributed by atoms with E-state index < -0.39 is 13.7 Å². The van der Waals surface area contributed by atoms with E-state index in [4.69, 9.17) is 4.74 Å². The first-order valence-corrected chi connectivity index (χ1v) is 11.7. The third-order valence-electron chi connectivity index (χ3n) is 4.51. The van der Waals surface area contributed by atoms with E-state index in [2.05, 4.69) is 54.3 Å². The Morgan fingerprint density at radius 2 is 1.80 bits per heavy atom. The molecule has 0 bridgehead atoms. The number of aliphatic hydroxyl groups is 1. The van der Waals surface area contributed by atoms with Gasteiger partial charge in [0.15, 0.2) is 0 Å². The van der Waals surface area contributed by atoms with E-state index in [1.807, 2.05) is 0 Å². The van der Waals surface area contributed by atoms with Crippen LogP contribution in [0.5, 0.6) is 0 Å². The minimum absolute atomic E-state index is 0.0674. The zero-order valence-electron chi connectivity index (χ0n) is 14.8. The van der Waals surface area contributed by atoms with E-state index in [0.29, 0.717) is 5.92 Å². The topological polar surface area (TPSA) is 29.5 Å². The molecule has 1 rings (SSSR count). The van der Waals surface area contributed by atoms with Gasteiger partial charge in [-0.1, -0.05) is 47.3 Å². The van der Waals surface area contributed by atoms with Crippen molar-refractivity contribution < 1.29 is 9.84 Å². The summed E-state index contributed by atoms with van der Waals surface area (Å²) in [6, 6.07) is 0.910. The van der Waals surface area contributed by atoms with Gasteiger partial charge < -0.3 is 9.84 Å². The molecule has 0 aliphatic heterocycles. The number of allylic oxidation sites excluding steroid dienone is 1. The van der Waals surface area contributed by atoms with Gasteiger partial charge in [-0.2, -0.15) is 0 Å². The summed E-state index contributed by atoms with van der Waals surface area (Å²) < 4.78 is 5.99. The smallest absolute Gasteiger partial charge is 0.0977 e. The van der Waals surface area contributed by atoms with Crippen molar-refractivity contribution in [1.82, 2.24) is 0 Å². The van der Waals surface area contributed by atoms with Gasteiger partial charge >= 0.3 is 0 Å². The molecule has 0 saturated carbocycles. The molecule has 1 aliphatic rings. The third kappa shape index (κ3) is 3.88. The Hall–Kier alpha value is -0.283. The minimum Gasteiger partial charge on any atom is -0.498 e. The summed E-state index contributed by atoms with van der Waals surface area (Å²) in [5, 5.41) is 11.4. The molecular formula is C17H34O2Si. The monoisotopic (exact) mass is 298 g/mol. The second kappa shape index (κ2) is 5.84. The highest BCUT2D eigenvalue weighted by molar-refractivity contribution is 6.76. The van der Waals surface area contributed by atoms with Crippen LogP contribution in [0.15, 0.2) is 11.3 Å². The summed E-state index contributed by atoms with van der Waals surface area (Å²) >= 11 is 0. The molecule has 0 heterocycles. The van der Waals surface area contributed by atoms with Crippen molar-refractivity contribution in [2.75, 3.05) is 6.61 Å². The van der Waals surface area contributed by atoms with Gasteiger partial charge in [0, 0.05) is 14.5 Å². The first-order valence-electron chi connectivity index (χ1n) is 7.94. The molecule has 2 nitrogen and oxygen atoms in total. The Labute approximate surface area is 126 Å². The molecule has 0 radical (unpaired) electrons. The maximum absolute atomic E-state index is 11.4. The van der Waals surface area contributed by atoms with Crippen molar-refractivity contribution in [3.05, 3.63) is 11.3 Å². The Balaban J connectivity index is 3.10. The van der Waals surface area contributed by atoms with Gasteiger partial charge in [-0.15, -0.1) is 0 Å². The molecule has 0 fully saturated rings. The summed E-state index contributed by atoms with van der Waals surface area (Å²) in [7, 11) is -1.36. The second-order valence-electron chi connectivity index (χ2n) is 8.73. The van der Waals surface area contributed by atoms with Crippen LogP contribution in [0.3, 0.4) is 0 Å². The van der Waals surface area contributed by atoms with Crippen LogP contribution in [-0.4, -0.2) is 25.4 Å². The maximum Gasteiger partial charge on any atom is 0.0977 e. The van der Waals surface area contributed by atoms with Gasteiger partial charge in [0.1, 0.15) is 0 Å². The van der Waals surface area contributed by atoms with Crippen molar-refractivity contribution in [2.45, 2.75) is 78.7 Å². The maximum atomic E-state index is 11.4. The molecular weight excluding hydrogens is 264 g/mol. The fourth-order valence-corrected chi connectivity index (χ4v) is 5.42. The fourth-order valence-electron chi connectivity index (χ4n) is 3.15. The lowest BCUT2D eigenvalue weighted by Crippen LogP contribution is -2.52. The molecule has 3 heteroatoms. The zero-order chi connectivity index (χ0) is 15.8. The zero-order valence-corrected chi connectivity index (χ0v) is 15.8. The van der Waals surface area contributed by atoms with Crippen LogP contribution in [0.4, 0.5) is 0 Å². The Bertz CT molecular complexity index is 377. The molecule has 0 spiro atoms. The van der Waals surface area contributed by atoms with E-state index in [-0.39, 0.29) is 5.41 Å². The van der Waals surface area contributed by atoms with Gasteiger partial charge in [0.2, 0.25) is 0 Å². The molecule has 0 aromatic heterocycles. The average molecular weight is 299 g/mol. The summed E-state index contributed by atoms with van der Waals surface area (Å²) in [5.74, 6) is 1.56. The molecule has 0 saturated heterocycles. The molecule has 1 unspecified atom stereocenters. The van der Waals surface area contributed by atoms with E-state index >= 15 is 0 Å². The predicted molar refractivity (Wildman–Crippen MR) is 89.6 cm³/mol. The van der Waals surface area contributed by atoms with Crippen LogP contribution in [0.2, 0.25) is 25.7 Å². The standard InChI is InChI=1S/C17H34O2Si/c1-13(2)11-19-15-9-10-16(4,5)17(18,14(15)3)12-20(6,7)8/h13,18H,9-12H2,1-8H3. The normalized spacial score (nSPS) is 27.1. The lowest BCUT2D eigenvalue weighted by atomic mass is 9.65. The average Bonchev–Trinajstić information content (AvgIpc) is 2.23. The quantitative estimate of drug-likeness (QED) is 0.737. The van der Waals surface area contributed by atoms with E-state index in [1.54, 1.807) is 0 Å². The van der Waals surface area contributed by atoms with Crippen molar-refractivity contribution >= 4 is 8.07 Å². The van der Waals surface area contributed by atoms with Crippen LogP contribution in [0.1, 0.15) is 47.5 Å². The van der Waals surface area contributed by atoms with Crippen LogP contribution in [0.25, 0.3) is 0 Å². The van der Waals surface area contributed by atoms with Crippen molar-refractivity contribution in [3.63, 3.8) is 0 Å². The first kappa shape index (κ1) is 17.8. The lowest BCUT2D eigenvalue weighted by molar-refractivity contribution is -0.0430. The number of hydrogen-bond acceptors (Lipinski definition) is 2.